The minimum absolute atomic E-state index is 0.177. The van der Waals surface area contributed by atoms with E-state index in [9.17, 15) is 0 Å². The Labute approximate surface area is 106 Å². The molecule has 3 nitrogen and oxygen atoms in total. The summed E-state index contributed by atoms with van der Waals surface area (Å²) in [5, 5.41) is 7.49. The molecule has 3 heteroatoms. The van der Waals surface area contributed by atoms with Gasteiger partial charge < -0.3 is 10.5 Å². The quantitative estimate of drug-likeness (QED) is 0.425. The lowest BCUT2D eigenvalue weighted by atomic mass is 9.86. The summed E-state index contributed by atoms with van der Waals surface area (Å²) in [4.78, 5) is 0. The molecular weight excluding hydrogens is 212 g/mol. The van der Waals surface area contributed by atoms with Crippen molar-refractivity contribution in [2.45, 2.75) is 65.4 Å². The molecule has 1 aliphatic rings. The van der Waals surface area contributed by atoms with Crippen LogP contribution in [0.25, 0.3) is 0 Å². The van der Waals surface area contributed by atoms with Gasteiger partial charge in [0.05, 0.1) is 11.9 Å². The van der Waals surface area contributed by atoms with E-state index in [1.54, 1.807) is 0 Å². The molecule has 0 spiro atoms. The maximum absolute atomic E-state index is 7.49. The molecule has 3 N–H and O–H groups in total. The van der Waals surface area contributed by atoms with Crippen LogP contribution in [0.15, 0.2) is 0 Å². The zero-order chi connectivity index (χ0) is 12.9. The highest BCUT2D eigenvalue weighted by Crippen LogP contribution is 2.26. The number of rotatable bonds is 6. The summed E-state index contributed by atoms with van der Waals surface area (Å²) < 4.78 is 5.92. The Kier molecular flexibility index (Phi) is 5.44. The molecule has 0 amide bonds. The second-order valence-electron chi connectivity index (χ2n) is 6.17. The van der Waals surface area contributed by atoms with Crippen LogP contribution < -0.4 is 5.73 Å². The molecule has 0 heterocycles. The number of nitrogens with two attached hydrogens (primary N) is 1. The van der Waals surface area contributed by atoms with Gasteiger partial charge >= 0.3 is 0 Å². The smallest absolute Gasteiger partial charge is 0.0963 e. The van der Waals surface area contributed by atoms with Crippen LogP contribution in [0.4, 0.5) is 0 Å². The molecule has 0 aromatic rings. The van der Waals surface area contributed by atoms with E-state index in [4.69, 9.17) is 15.9 Å². The first-order chi connectivity index (χ1) is 7.92. The molecule has 1 fully saturated rings. The van der Waals surface area contributed by atoms with Crippen molar-refractivity contribution < 1.29 is 4.74 Å². The van der Waals surface area contributed by atoms with E-state index in [0.717, 1.165) is 25.4 Å². The van der Waals surface area contributed by atoms with Gasteiger partial charge in [0.15, 0.2) is 0 Å². The van der Waals surface area contributed by atoms with Crippen LogP contribution in [-0.2, 0) is 4.74 Å². The SMILES string of the molecule is CC1CCCC(OCCCC(C)(C)C(=N)N)C1. The molecule has 0 aromatic carbocycles. The highest BCUT2D eigenvalue weighted by Gasteiger charge is 2.22. The fourth-order valence-electron chi connectivity index (χ4n) is 2.43. The topological polar surface area (TPSA) is 59.1 Å². The average molecular weight is 240 g/mol. The monoisotopic (exact) mass is 240 g/mol. The standard InChI is InChI=1S/C14H28N2O/c1-11-6-4-7-12(10-11)17-9-5-8-14(2,3)13(15)16/h11-12H,4-10H2,1-3H3,(H3,15,16). The lowest BCUT2D eigenvalue weighted by Gasteiger charge is -2.28. The first-order valence-corrected chi connectivity index (χ1v) is 6.88. The zero-order valence-corrected chi connectivity index (χ0v) is 11.6. The number of ether oxygens (including phenoxy) is 1. The highest BCUT2D eigenvalue weighted by molar-refractivity contribution is 5.82. The molecule has 0 aliphatic heterocycles. The third kappa shape index (κ3) is 5.07. The lowest BCUT2D eigenvalue weighted by Crippen LogP contribution is -2.31. The summed E-state index contributed by atoms with van der Waals surface area (Å²) in [5.41, 5.74) is 5.38. The minimum Gasteiger partial charge on any atom is -0.387 e. The van der Waals surface area contributed by atoms with E-state index >= 15 is 0 Å². The maximum atomic E-state index is 7.49. The summed E-state index contributed by atoms with van der Waals surface area (Å²) >= 11 is 0. The Bertz CT molecular complexity index is 251. The molecule has 1 rings (SSSR count). The average Bonchev–Trinajstić information content (AvgIpc) is 2.24. The van der Waals surface area contributed by atoms with E-state index in [2.05, 4.69) is 6.92 Å². The maximum Gasteiger partial charge on any atom is 0.0963 e. The lowest BCUT2D eigenvalue weighted by molar-refractivity contribution is 0.0121. The van der Waals surface area contributed by atoms with Crippen molar-refractivity contribution in [2.24, 2.45) is 17.1 Å². The van der Waals surface area contributed by atoms with E-state index in [0.29, 0.717) is 6.10 Å². The van der Waals surface area contributed by atoms with E-state index in [1.807, 2.05) is 13.8 Å². The van der Waals surface area contributed by atoms with Crippen molar-refractivity contribution in [3.63, 3.8) is 0 Å². The molecule has 1 saturated carbocycles. The van der Waals surface area contributed by atoms with Crippen LogP contribution >= 0.6 is 0 Å². The molecule has 2 atom stereocenters. The van der Waals surface area contributed by atoms with Crippen molar-refractivity contribution in [1.82, 2.24) is 0 Å². The zero-order valence-electron chi connectivity index (χ0n) is 11.6. The molecule has 1 aliphatic carbocycles. The Balaban J connectivity index is 2.13. The number of hydrogen-bond acceptors (Lipinski definition) is 2. The Morgan fingerprint density at radius 3 is 2.71 bits per heavy atom. The summed E-state index contributed by atoms with van der Waals surface area (Å²) in [6.07, 6.45) is 7.51. The Hall–Kier alpha value is -0.570. The molecule has 0 radical (unpaired) electrons. The van der Waals surface area contributed by atoms with Crippen LogP contribution in [0.3, 0.4) is 0 Å². The van der Waals surface area contributed by atoms with Crippen LogP contribution in [0.2, 0.25) is 0 Å². The van der Waals surface area contributed by atoms with Crippen LogP contribution in [-0.4, -0.2) is 18.5 Å². The largest absolute Gasteiger partial charge is 0.387 e. The molecule has 100 valence electrons. The van der Waals surface area contributed by atoms with E-state index in [1.165, 1.54) is 25.7 Å². The fourth-order valence-corrected chi connectivity index (χ4v) is 2.43. The van der Waals surface area contributed by atoms with Crippen molar-refractivity contribution >= 4 is 5.84 Å². The highest BCUT2D eigenvalue weighted by atomic mass is 16.5. The molecule has 0 saturated heterocycles. The second-order valence-corrected chi connectivity index (χ2v) is 6.17. The van der Waals surface area contributed by atoms with Gasteiger partial charge in [-0.1, -0.05) is 33.6 Å². The normalized spacial score (nSPS) is 25.8. The molecule has 0 aromatic heterocycles. The van der Waals surface area contributed by atoms with Crippen molar-refractivity contribution in [3.05, 3.63) is 0 Å². The van der Waals surface area contributed by atoms with Gasteiger partial charge in [-0.3, -0.25) is 5.41 Å². The fraction of sp³-hybridized carbons (Fsp3) is 0.929. The van der Waals surface area contributed by atoms with Crippen molar-refractivity contribution in [3.8, 4) is 0 Å². The Morgan fingerprint density at radius 2 is 2.12 bits per heavy atom. The molecule has 0 bridgehead atoms. The van der Waals surface area contributed by atoms with Gasteiger partial charge in [0.1, 0.15) is 0 Å². The number of nitrogens with one attached hydrogen (secondary N) is 1. The first kappa shape index (κ1) is 14.5. The van der Waals surface area contributed by atoms with Crippen LogP contribution in [0.1, 0.15) is 59.3 Å². The van der Waals surface area contributed by atoms with Gasteiger partial charge in [0, 0.05) is 12.0 Å². The van der Waals surface area contributed by atoms with E-state index < -0.39 is 0 Å². The minimum atomic E-state index is -0.177. The van der Waals surface area contributed by atoms with E-state index in [-0.39, 0.29) is 11.3 Å². The van der Waals surface area contributed by atoms with Gasteiger partial charge in [0.2, 0.25) is 0 Å². The number of hydrogen-bond donors (Lipinski definition) is 2. The summed E-state index contributed by atoms with van der Waals surface area (Å²) in [6, 6.07) is 0. The summed E-state index contributed by atoms with van der Waals surface area (Å²) in [7, 11) is 0. The molecule has 17 heavy (non-hydrogen) atoms. The number of amidine groups is 1. The van der Waals surface area contributed by atoms with Gasteiger partial charge in [0.25, 0.3) is 0 Å². The van der Waals surface area contributed by atoms with Crippen LogP contribution in [0.5, 0.6) is 0 Å². The van der Waals surface area contributed by atoms with Gasteiger partial charge in [-0.15, -0.1) is 0 Å². The van der Waals surface area contributed by atoms with Gasteiger partial charge in [-0.2, -0.15) is 0 Å². The predicted octanol–water partition coefficient (Wildman–Crippen LogP) is 3.32. The first-order valence-electron chi connectivity index (χ1n) is 6.88. The van der Waals surface area contributed by atoms with Crippen molar-refractivity contribution in [2.75, 3.05) is 6.61 Å². The summed E-state index contributed by atoms with van der Waals surface area (Å²) in [5.74, 6) is 1.10. The predicted molar refractivity (Wildman–Crippen MR) is 72.3 cm³/mol. The van der Waals surface area contributed by atoms with Gasteiger partial charge in [-0.25, -0.2) is 0 Å². The Morgan fingerprint density at radius 1 is 1.41 bits per heavy atom. The molecular formula is C14H28N2O. The molecule has 2 unspecified atom stereocenters. The van der Waals surface area contributed by atoms with Crippen LogP contribution in [0, 0.1) is 16.7 Å². The second kappa shape index (κ2) is 6.39. The third-order valence-corrected chi connectivity index (χ3v) is 3.92. The van der Waals surface area contributed by atoms with Gasteiger partial charge in [-0.05, 0) is 31.6 Å². The van der Waals surface area contributed by atoms with Crippen molar-refractivity contribution in [1.29, 1.82) is 5.41 Å². The third-order valence-electron chi connectivity index (χ3n) is 3.92. The summed E-state index contributed by atoms with van der Waals surface area (Å²) in [6.45, 7) is 7.18.